The van der Waals surface area contributed by atoms with Crippen molar-refractivity contribution in [2.45, 2.75) is 5.16 Å². The van der Waals surface area contributed by atoms with Gasteiger partial charge in [-0.2, -0.15) is 4.68 Å². The van der Waals surface area contributed by atoms with Crippen LogP contribution in [-0.4, -0.2) is 31.9 Å². The van der Waals surface area contributed by atoms with Crippen molar-refractivity contribution in [2.75, 3.05) is 11.1 Å². The molecule has 0 radical (unpaired) electrons. The molecule has 3 aromatic rings. The smallest absolute Gasteiger partial charge is 0.234 e. The first-order valence-electron chi connectivity index (χ1n) is 6.95. The number of amides is 1. The van der Waals surface area contributed by atoms with E-state index in [0.717, 1.165) is 5.69 Å². The second-order valence-corrected chi connectivity index (χ2v) is 6.95. The molecule has 10 heteroatoms. The molecule has 0 fully saturated rings. The Bertz CT molecular complexity index is 900. The van der Waals surface area contributed by atoms with Gasteiger partial charge in [-0.1, -0.05) is 52.6 Å². The monoisotopic (exact) mass is 413 g/mol. The van der Waals surface area contributed by atoms with Gasteiger partial charge in [0.05, 0.1) is 27.2 Å². The van der Waals surface area contributed by atoms with Crippen LogP contribution < -0.4 is 5.32 Å². The number of thioether (sulfide) groups is 1. The zero-order chi connectivity index (χ0) is 17.8. The molecule has 3 rings (SSSR count). The number of nitrogens with zero attached hydrogens (tertiary/aromatic N) is 4. The lowest BCUT2D eigenvalue weighted by atomic mass is 10.3. The molecule has 0 aliphatic carbocycles. The van der Waals surface area contributed by atoms with E-state index in [9.17, 15) is 4.79 Å². The maximum absolute atomic E-state index is 12.1. The number of nitrogens with one attached hydrogen (secondary N) is 1. The van der Waals surface area contributed by atoms with Crippen molar-refractivity contribution >= 4 is 58.2 Å². The van der Waals surface area contributed by atoms with E-state index in [1.165, 1.54) is 16.4 Å². The molecule has 6 nitrogen and oxygen atoms in total. The maximum atomic E-state index is 12.1. The number of aromatic nitrogens is 4. The van der Waals surface area contributed by atoms with Crippen LogP contribution in [0.3, 0.4) is 0 Å². The molecule has 2 aromatic carbocycles. The van der Waals surface area contributed by atoms with Crippen molar-refractivity contribution in [3.8, 4) is 5.69 Å². The van der Waals surface area contributed by atoms with Gasteiger partial charge in [-0.3, -0.25) is 4.79 Å². The highest BCUT2D eigenvalue weighted by molar-refractivity contribution is 7.99. The van der Waals surface area contributed by atoms with E-state index < -0.39 is 0 Å². The van der Waals surface area contributed by atoms with Crippen LogP contribution in [0.25, 0.3) is 5.69 Å². The van der Waals surface area contributed by atoms with Gasteiger partial charge < -0.3 is 5.32 Å². The van der Waals surface area contributed by atoms with Crippen molar-refractivity contribution in [1.82, 2.24) is 20.2 Å². The number of anilines is 1. The fourth-order valence-electron chi connectivity index (χ4n) is 1.93. The van der Waals surface area contributed by atoms with Crippen LogP contribution in [0.15, 0.2) is 47.6 Å². The number of rotatable bonds is 5. The highest BCUT2D eigenvalue weighted by atomic mass is 35.5. The lowest BCUT2D eigenvalue weighted by Gasteiger charge is -2.08. The molecular formula is C15H10Cl3N5OS. The average Bonchev–Trinajstić information content (AvgIpc) is 3.06. The van der Waals surface area contributed by atoms with Crippen LogP contribution in [0, 0.1) is 0 Å². The summed E-state index contributed by atoms with van der Waals surface area (Å²) in [6, 6.07) is 12.1. The third-order valence-electron chi connectivity index (χ3n) is 3.07. The van der Waals surface area contributed by atoms with Gasteiger partial charge >= 0.3 is 0 Å². The zero-order valence-electron chi connectivity index (χ0n) is 12.5. The number of halogens is 3. The molecule has 1 aromatic heterocycles. The van der Waals surface area contributed by atoms with E-state index in [1.807, 2.05) is 0 Å². The molecule has 0 spiro atoms. The molecule has 1 heterocycles. The Morgan fingerprint density at radius 1 is 1.12 bits per heavy atom. The van der Waals surface area contributed by atoms with Gasteiger partial charge in [0.1, 0.15) is 0 Å². The summed E-state index contributed by atoms with van der Waals surface area (Å²) in [5.74, 6) is -0.142. The number of carbonyl (C=O) groups excluding carboxylic acids is 1. The third-order valence-corrected chi connectivity index (χ3v) is 5.06. The fraction of sp³-hybridized carbons (Fsp3) is 0.0667. The maximum Gasteiger partial charge on any atom is 0.234 e. The Balaban J connectivity index is 1.66. The molecule has 25 heavy (non-hydrogen) atoms. The minimum absolute atomic E-state index is 0.108. The topological polar surface area (TPSA) is 72.7 Å². The van der Waals surface area contributed by atoms with Crippen molar-refractivity contribution in [2.24, 2.45) is 0 Å². The average molecular weight is 415 g/mol. The Morgan fingerprint density at radius 2 is 1.88 bits per heavy atom. The number of benzene rings is 2. The normalized spacial score (nSPS) is 10.7. The summed E-state index contributed by atoms with van der Waals surface area (Å²) >= 11 is 19.1. The third kappa shape index (κ3) is 4.43. The number of hydrogen-bond donors (Lipinski definition) is 1. The fourth-order valence-corrected chi connectivity index (χ4v) is 3.09. The van der Waals surface area contributed by atoms with Gasteiger partial charge in [0, 0.05) is 5.02 Å². The molecule has 0 bridgehead atoms. The van der Waals surface area contributed by atoms with E-state index in [2.05, 4.69) is 20.8 Å². The van der Waals surface area contributed by atoms with E-state index in [-0.39, 0.29) is 11.7 Å². The Hall–Kier alpha value is -1.80. The van der Waals surface area contributed by atoms with E-state index in [0.29, 0.717) is 25.9 Å². The second kappa shape index (κ2) is 8.05. The summed E-state index contributed by atoms with van der Waals surface area (Å²) in [6.45, 7) is 0. The van der Waals surface area contributed by atoms with Gasteiger partial charge in [0.25, 0.3) is 0 Å². The number of hydrogen-bond acceptors (Lipinski definition) is 5. The lowest BCUT2D eigenvalue weighted by Crippen LogP contribution is -2.15. The molecule has 0 saturated carbocycles. The molecular weight excluding hydrogens is 405 g/mol. The summed E-state index contributed by atoms with van der Waals surface area (Å²) in [5.41, 5.74) is 1.20. The predicted molar refractivity (Wildman–Crippen MR) is 100.0 cm³/mol. The van der Waals surface area contributed by atoms with Crippen molar-refractivity contribution < 1.29 is 4.79 Å². The minimum Gasteiger partial charge on any atom is -0.324 e. The first-order chi connectivity index (χ1) is 12.0. The molecule has 128 valence electrons. The zero-order valence-corrected chi connectivity index (χ0v) is 15.6. The SMILES string of the molecule is O=C(CSc1nnnn1-c1ccc(Cl)cc1)Nc1cccc(Cl)c1Cl. The summed E-state index contributed by atoms with van der Waals surface area (Å²) in [7, 11) is 0. The summed E-state index contributed by atoms with van der Waals surface area (Å²) in [6.07, 6.45) is 0. The van der Waals surface area contributed by atoms with Crippen LogP contribution in [-0.2, 0) is 4.79 Å². The van der Waals surface area contributed by atoms with Gasteiger partial charge in [-0.25, -0.2) is 0 Å². The standard InChI is InChI=1S/C15H10Cl3N5OS/c16-9-4-6-10(7-5-9)23-15(20-21-22-23)25-8-13(24)19-12-3-1-2-11(17)14(12)18/h1-7H,8H2,(H,19,24). The van der Waals surface area contributed by atoms with Crippen LogP contribution in [0.1, 0.15) is 0 Å². The quantitative estimate of drug-likeness (QED) is 0.628. The van der Waals surface area contributed by atoms with E-state index in [4.69, 9.17) is 34.8 Å². The largest absolute Gasteiger partial charge is 0.324 e. The van der Waals surface area contributed by atoms with Crippen LogP contribution in [0.5, 0.6) is 0 Å². The van der Waals surface area contributed by atoms with Crippen LogP contribution in [0.2, 0.25) is 15.1 Å². The Kier molecular flexibility index (Phi) is 5.80. The first kappa shape index (κ1) is 18.0. The summed E-state index contributed by atoms with van der Waals surface area (Å²) in [5, 5.41) is 16.0. The van der Waals surface area contributed by atoms with Gasteiger partial charge in [-0.05, 0) is 46.8 Å². The van der Waals surface area contributed by atoms with E-state index in [1.54, 1.807) is 42.5 Å². The van der Waals surface area contributed by atoms with Crippen LogP contribution in [0.4, 0.5) is 5.69 Å². The molecule has 1 amide bonds. The molecule has 0 aliphatic rings. The highest BCUT2D eigenvalue weighted by Crippen LogP contribution is 2.29. The Morgan fingerprint density at radius 3 is 2.64 bits per heavy atom. The molecule has 1 N–H and O–H groups in total. The number of tetrazole rings is 1. The minimum atomic E-state index is -0.250. The van der Waals surface area contributed by atoms with Gasteiger partial charge in [0.15, 0.2) is 0 Å². The lowest BCUT2D eigenvalue weighted by molar-refractivity contribution is -0.113. The van der Waals surface area contributed by atoms with Gasteiger partial charge in [-0.15, -0.1) is 5.10 Å². The Labute approximate surface area is 162 Å². The van der Waals surface area contributed by atoms with Crippen molar-refractivity contribution in [3.63, 3.8) is 0 Å². The molecule has 0 aliphatic heterocycles. The number of carbonyl (C=O) groups is 1. The first-order valence-corrected chi connectivity index (χ1v) is 9.07. The van der Waals surface area contributed by atoms with E-state index >= 15 is 0 Å². The predicted octanol–water partition coefficient (Wildman–Crippen LogP) is 4.35. The van der Waals surface area contributed by atoms with Crippen molar-refractivity contribution in [3.05, 3.63) is 57.5 Å². The molecule has 0 atom stereocenters. The summed E-state index contributed by atoms with van der Waals surface area (Å²) in [4.78, 5) is 12.1. The van der Waals surface area contributed by atoms with Gasteiger partial charge in [0.2, 0.25) is 11.1 Å². The molecule has 0 unspecified atom stereocenters. The van der Waals surface area contributed by atoms with Crippen LogP contribution >= 0.6 is 46.6 Å². The highest BCUT2D eigenvalue weighted by Gasteiger charge is 2.13. The second-order valence-electron chi connectivity index (χ2n) is 4.79. The summed E-state index contributed by atoms with van der Waals surface area (Å²) < 4.78 is 1.53. The van der Waals surface area contributed by atoms with Crippen molar-refractivity contribution in [1.29, 1.82) is 0 Å². The molecule has 0 saturated heterocycles.